The Hall–Kier alpha value is -10.3. The quantitative estimate of drug-likeness (QED) is 0.0303. The summed E-state index contributed by atoms with van der Waals surface area (Å²) in [7, 11) is 0.933. The largest absolute Gasteiger partial charge is 0.468 e. The number of nitrogen functional groups attached to an aromatic ring is 1. The zero-order valence-electron chi connectivity index (χ0n) is 57.5. The number of ether oxygens (including phenoxy) is 2. The molecule has 1 amide bonds. The minimum Gasteiger partial charge on any atom is -0.465 e. The van der Waals surface area contributed by atoms with E-state index in [4.69, 9.17) is 60.0 Å². The van der Waals surface area contributed by atoms with E-state index in [1.54, 1.807) is 117 Å². The second kappa shape index (κ2) is 44.1. The zero-order valence-corrected chi connectivity index (χ0v) is 60.6. The molecule has 8 heterocycles. The van der Waals surface area contributed by atoms with E-state index >= 15 is 0 Å². The zero-order chi connectivity index (χ0) is 73.0. The van der Waals surface area contributed by atoms with Crippen LogP contribution in [0.15, 0.2) is 232 Å². The smallest absolute Gasteiger partial charge is 0.465 e. The lowest BCUT2D eigenvalue weighted by molar-refractivity contribution is 0.0592. The van der Waals surface area contributed by atoms with Crippen molar-refractivity contribution in [2.75, 3.05) is 42.4 Å². The van der Waals surface area contributed by atoms with Crippen molar-refractivity contribution in [3.05, 3.63) is 281 Å². The first-order chi connectivity index (χ1) is 49.4. The fraction of sp³-hybridized carbons (Fsp3) is 0.181. The highest BCUT2D eigenvalue weighted by atomic mass is 35.5. The van der Waals surface area contributed by atoms with Crippen LogP contribution < -0.4 is 43.8 Å². The number of esters is 2. The van der Waals surface area contributed by atoms with Gasteiger partial charge in [-0.3, -0.25) is 44.6 Å². The average Bonchev–Trinajstić information content (AvgIpc) is 0.801. The van der Waals surface area contributed by atoms with Gasteiger partial charge in [-0.05, 0) is 146 Å². The van der Waals surface area contributed by atoms with Crippen molar-refractivity contribution in [2.45, 2.75) is 66.3 Å². The van der Waals surface area contributed by atoms with Crippen LogP contribution in [-0.2, 0) is 42.8 Å². The second-order valence-corrected chi connectivity index (χ2v) is 23.4. The highest BCUT2D eigenvalue weighted by Gasteiger charge is 2.43. The van der Waals surface area contributed by atoms with E-state index < -0.39 is 21.4 Å². The highest BCUT2D eigenvalue weighted by Crippen LogP contribution is 2.20. The first kappa shape index (κ1) is 81.6. The minimum absolute atomic E-state index is 0. The number of methoxy groups -OCH3 is 2. The van der Waals surface area contributed by atoms with Crippen LogP contribution in [0.4, 0.5) is 23.0 Å². The molecule has 7 N–H and O–H groups in total. The summed E-state index contributed by atoms with van der Waals surface area (Å²) in [5.41, 5.74) is 21.2. The molecule has 12 rings (SSSR count). The number of benzene rings is 4. The summed E-state index contributed by atoms with van der Waals surface area (Å²) in [4.78, 5) is 77.7. The predicted octanol–water partition coefficient (Wildman–Crippen LogP) is 11.2. The summed E-state index contributed by atoms with van der Waals surface area (Å²) < 4.78 is 27.1. The van der Waals surface area contributed by atoms with Crippen LogP contribution in [0.25, 0.3) is 11.3 Å². The molecule has 7 aromatic heterocycles. The fourth-order valence-electron chi connectivity index (χ4n) is 9.36. The topological polar surface area (TPSA) is 318 Å². The highest BCUT2D eigenvalue weighted by molar-refractivity contribution is 6.87. The van der Waals surface area contributed by atoms with Crippen LogP contribution in [0.5, 0.6) is 0 Å². The van der Waals surface area contributed by atoms with Gasteiger partial charge in [-0.15, -0.1) is 12.4 Å². The molecule has 103 heavy (non-hydrogen) atoms. The molecule has 0 bridgehead atoms. The van der Waals surface area contributed by atoms with Crippen LogP contribution in [-0.4, -0.2) is 127 Å². The van der Waals surface area contributed by atoms with E-state index in [-0.39, 0.29) is 30.3 Å². The number of para-hydroxylation sites is 2. The summed E-state index contributed by atoms with van der Waals surface area (Å²) in [6, 6.07) is 45.1. The Kier molecular flexibility index (Phi) is 35.0. The van der Waals surface area contributed by atoms with Gasteiger partial charge in [0.05, 0.1) is 79.6 Å². The molecule has 0 radical (unpaired) electrons. The molecule has 1 aliphatic rings. The van der Waals surface area contributed by atoms with E-state index in [2.05, 4.69) is 115 Å². The maximum atomic E-state index is 12.4. The van der Waals surface area contributed by atoms with Crippen molar-refractivity contribution in [2.24, 2.45) is 5.73 Å². The van der Waals surface area contributed by atoms with Crippen molar-refractivity contribution in [3.63, 3.8) is 0 Å². The lowest BCUT2D eigenvalue weighted by Gasteiger charge is -2.31. The summed E-state index contributed by atoms with van der Waals surface area (Å²) in [5.74, 6) is 0.392. The average molecular weight is 1470 g/mol. The molecule has 530 valence electrons. The number of rotatable bonds is 18. The predicted molar refractivity (Wildman–Crippen MR) is 410 cm³/mol. The van der Waals surface area contributed by atoms with Crippen molar-refractivity contribution in [1.82, 2.24) is 54.7 Å². The van der Waals surface area contributed by atoms with Crippen molar-refractivity contribution in [1.29, 1.82) is 0 Å². The van der Waals surface area contributed by atoms with Crippen LogP contribution in [0.1, 0.15) is 82.4 Å². The van der Waals surface area contributed by atoms with Crippen LogP contribution in [0, 0.1) is 0 Å². The summed E-state index contributed by atoms with van der Waals surface area (Å²) in [6.45, 7) is 13.9. The number of amides is 1. The van der Waals surface area contributed by atoms with Gasteiger partial charge in [-0.2, -0.15) is 0 Å². The number of pyridine rings is 4. The molecule has 0 saturated carbocycles. The van der Waals surface area contributed by atoms with Gasteiger partial charge in [0.2, 0.25) is 0 Å². The summed E-state index contributed by atoms with van der Waals surface area (Å²) >= 11 is 16.5. The van der Waals surface area contributed by atoms with Gasteiger partial charge in [-0.25, -0.2) is 24.5 Å². The molecule has 1 saturated heterocycles. The van der Waals surface area contributed by atoms with E-state index in [9.17, 15) is 14.4 Å². The standard InChI is InChI=1S/C23H20N6O.C15H12B3N3O3.C13H12ClN3O2.C9H11NO2.C8H19N.C4H2Cl2N2.ClH/c24-19-5-1-2-6-20(19)29-23(30)17-9-7-16(8-10-17)12-27-22-15-26-14-21(28-22)18-4-3-11-25-13-18;1-4-13(10-19-7-1)16-22-17(14-5-2-8-20-11-14)24-18(23-16)15-6-3-9-21-12-15;1-19-13(18)10-4-2-9(3-5-10)6-16-12-8-15-7-11(14)17-12;1-12-9(11)8-4-2-7(6-10)3-5-8;1-6-9(7(2)3)8(4)5;5-3-1-7-2-4(6)8-3;/h1-11,13-15H,12,24H2,(H,27,28)(H,29,30);1-12H;2-5,7-8H,6H2,1H3,(H,16,17);2-5H,6,10H2,1H3;7-8H,6H2,1-5H3;1-2H;1H. The Morgan fingerprint density at radius 1 is 0.485 bits per heavy atom. The number of hydrogen-bond donors (Lipinski definition) is 5. The third kappa shape index (κ3) is 27.9. The molecule has 1 fully saturated rings. The van der Waals surface area contributed by atoms with Gasteiger partial charge < -0.3 is 50.6 Å². The number of hydrogen-bond acceptors (Lipinski definition) is 23. The third-order valence-corrected chi connectivity index (χ3v) is 15.0. The Balaban J connectivity index is 0.000000206. The van der Waals surface area contributed by atoms with Crippen molar-refractivity contribution >= 4 is 126 Å². The first-order valence-electron chi connectivity index (χ1n) is 32.0. The molecule has 1 aliphatic heterocycles. The number of anilines is 4. The van der Waals surface area contributed by atoms with Gasteiger partial charge in [0.15, 0.2) is 0 Å². The lowest BCUT2D eigenvalue weighted by atomic mass is 9.62. The number of aromatic nitrogens is 10. The molecule has 31 heteroatoms. The summed E-state index contributed by atoms with van der Waals surface area (Å²) in [6.07, 6.45) is 23.0. The van der Waals surface area contributed by atoms with Crippen molar-refractivity contribution in [3.8, 4) is 11.3 Å². The molecule has 0 aliphatic carbocycles. The fourth-order valence-corrected chi connectivity index (χ4v) is 9.85. The number of halogens is 4. The molecule has 4 aromatic carbocycles. The number of carbonyl (C=O) groups excluding carboxylic acids is 3. The lowest BCUT2D eigenvalue weighted by Crippen LogP contribution is -2.61. The maximum absolute atomic E-state index is 12.4. The van der Waals surface area contributed by atoms with Crippen LogP contribution >= 0.6 is 47.2 Å². The molecule has 0 spiro atoms. The molecule has 0 atom stereocenters. The summed E-state index contributed by atoms with van der Waals surface area (Å²) in [5, 5.41) is 10.1. The Labute approximate surface area is 621 Å². The third-order valence-electron chi connectivity index (χ3n) is 14.4. The minimum atomic E-state index is -0.595. The van der Waals surface area contributed by atoms with Crippen LogP contribution in [0.3, 0.4) is 0 Å². The van der Waals surface area contributed by atoms with Crippen molar-refractivity contribution < 1.29 is 37.6 Å². The molecular weight excluding hydrogens is 1390 g/mol. The Morgan fingerprint density at radius 3 is 1.26 bits per heavy atom. The first-order valence-corrected chi connectivity index (χ1v) is 33.1. The SMILES string of the molecule is CCN(C(C)C)C(C)C.COC(=O)c1ccc(CN)cc1.COC(=O)c1ccc(CNc2cncc(Cl)n2)cc1.Cl.Clc1cncc(Cl)n1.Nc1ccccc1NC(=O)c1ccc(CNc2cncc(-c3cccnc3)n2)cc1.c1cncc(B2OB(c3cccnc3)OB(c3cccnc3)O2)c1. The molecule has 0 unspecified atom stereocenters. The van der Waals surface area contributed by atoms with Gasteiger partial charge in [0.25, 0.3) is 5.91 Å². The monoisotopic (exact) mass is 1470 g/mol. The van der Waals surface area contributed by atoms with E-state index in [1.165, 1.54) is 32.8 Å². The second-order valence-electron chi connectivity index (χ2n) is 22.2. The van der Waals surface area contributed by atoms with Gasteiger partial charge in [0, 0.05) is 92.4 Å². The number of carbonyl (C=O) groups is 3. The molecular formula is C72H77B3Cl4N16O8. The van der Waals surface area contributed by atoms with Crippen LogP contribution in [0.2, 0.25) is 15.5 Å². The van der Waals surface area contributed by atoms with E-state index in [0.29, 0.717) is 86.9 Å². The molecule has 11 aromatic rings. The van der Waals surface area contributed by atoms with E-state index in [1.807, 2.05) is 97.1 Å². The van der Waals surface area contributed by atoms with Gasteiger partial charge >= 0.3 is 33.3 Å². The number of nitrogens with two attached hydrogens (primary N) is 2. The van der Waals surface area contributed by atoms with Gasteiger partial charge in [0.1, 0.15) is 27.1 Å². The normalized spacial score (nSPS) is 11.2. The Bertz CT molecular complexity index is 4170. The van der Waals surface area contributed by atoms with Gasteiger partial charge in [-0.1, -0.05) is 108 Å². The van der Waals surface area contributed by atoms with E-state index in [0.717, 1.165) is 50.9 Å². The molecule has 24 nitrogen and oxygen atoms in total. The Morgan fingerprint density at radius 2 is 0.893 bits per heavy atom. The number of nitrogens with one attached hydrogen (secondary N) is 3. The number of nitrogens with zero attached hydrogens (tertiary/aromatic N) is 11. The maximum Gasteiger partial charge on any atom is 0.468 e.